The molecule has 0 aliphatic rings. The summed E-state index contributed by atoms with van der Waals surface area (Å²) in [4.78, 5) is 0. The Balaban J connectivity index is 5.30. The predicted molar refractivity (Wildman–Crippen MR) is 25.6 cm³/mol. The van der Waals surface area contributed by atoms with E-state index in [1.54, 1.807) is 0 Å². The summed E-state index contributed by atoms with van der Waals surface area (Å²) in [5, 5.41) is -3.19. The van der Waals surface area contributed by atoms with Gasteiger partial charge in [0.05, 0.1) is 0 Å². The van der Waals surface area contributed by atoms with Crippen molar-refractivity contribution in [1.82, 2.24) is 0 Å². The summed E-state index contributed by atoms with van der Waals surface area (Å²) in [5.41, 5.74) is 0. The van der Waals surface area contributed by atoms with Crippen molar-refractivity contribution >= 4 is 11.6 Å². The zero-order valence-corrected chi connectivity index (χ0v) is 3.13. The van der Waals surface area contributed by atoms with Crippen molar-refractivity contribution in [2.75, 3.05) is 0 Å². The lowest BCUT2D eigenvalue weighted by Crippen LogP contribution is -1.81. The van der Waals surface area contributed by atoms with E-state index in [2.05, 4.69) is 0 Å². The highest BCUT2D eigenvalue weighted by molar-refractivity contribution is 6.20. The zero-order valence-electron chi connectivity index (χ0n) is 11.4. The van der Waals surface area contributed by atoms with Crippen LogP contribution in [0.1, 0.15) is 32.4 Å². The van der Waals surface area contributed by atoms with E-state index in [9.17, 15) is 0 Å². The van der Waals surface area contributed by atoms with Crippen LogP contribution < -0.4 is 0 Å². The van der Waals surface area contributed by atoms with E-state index in [0.29, 0.717) is 0 Å². The molecule has 1 atom stereocenters. The average molecular weight is 102 g/mol. The summed E-state index contributed by atoms with van der Waals surface area (Å²) < 4.78 is 61.9. The lowest BCUT2D eigenvalue weighted by atomic mass is 10.4. The number of halogens is 1. The minimum atomic E-state index is -3.31. The van der Waals surface area contributed by atoms with Crippen LogP contribution in [-0.2, 0) is 0 Å². The van der Waals surface area contributed by atoms with Gasteiger partial charge in [-0.15, -0.1) is 11.6 Å². The van der Waals surface area contributed by atoms with Gasteiger partial charge in [-0.1, -0.05) is 6.85 Å². The number of alkyl halides is 1. The molecule has 0 bridgehead atoms. The van der Waals surface area contributed by atoms with Crippen LogP contribution >= 0.6 is 11.6 Å². The van der Waals surface area contributed by atoms with Crippen LogP contribution in [0.4, 0.5) is 0 Å². The van der Waals surface area contributed by atoms with Gasteiger partial charge in [-0.05, 0) is 13.2 Å². The van der Waals surface area contributed by atoms with Gasteiger partial charge in [0.2, 0.25) is 0 Å². The van der Waals surface area contributed by atoms with E-state index in [1.165, 1.54) is 0 Å². The predicted octanol–water partition coefficient (Wildman–Crippen LogP) is 2.02. The molecule has 0 heterocycles. The second kappa shape index (κ2) is 2.52. The summed E-state index contributed by atoms with van der Waals surface area (Å²) in [6.07, 6.45) is -3.31. The molecule has 1 unspecified atom stereocenters. The first-order valence-corrected chi connectivity index (χ1v) is 1.32. The third kappa shape index (κ3) is 4.29. The quantitative estimate of drug-likeness (QED) is 0.444. The Morgan fingerprint density at radius 2 is 3.40 bits per heavy atom. The molecule has 0 saturated carbocycles. The molecule has 0 N–H and O–H groups in total. The van der Waals surface area contributed by atoms with Crippen LogP contribution in [0.25, 0.3) is 0 Å². The van der Waals surface area contributed by atoms with Gasteiger partial charge < -0.3 is 0 Å². The first kappa shape index (κ1) is 0.551. The Morgan fingerprint density at radius 1 is 2.60 bits per heavy atom. The van der Waals surface area contributed by atoms with Crippen molar-refractivity contribution < 1.29 is 12.3 Å². The monoisotopic (exact) mass is 101 g/mol. The van der Waals surface area contributed by atoms with Crippen LogP contribution in [-0.4, -0.2) is 5.35 Å². The molecule has 0 aromatic heterocycles. The molecule has 0 spiro atoms. The molecule has 5 heavy (non-hydrogen) atoms. The summed E-state index contributed by atoms with van der Waals surface area (Å²) in [5.74, 6) is 0. The van der Waals surface area contributed by atoms with Gasteiger partial charge in [0.1, 0.15) is 0 Å². The Hall–Kier alpha value is 0.290. The molecular formula is C4H9Cl. The molecule has 0 aromatic rings. The lowest BCUT2D eigenvalue weighted by Gasteiger charge is -1.87. The fraction of sp³-hybridized carbons (Fsp3) is 1.00. The van der Waals surface area contributed by atoms with Gasteiger partial charge in [0, 0.05) is 17.7 Å². The molecule has 0 aliphatic heterocycles. The van der Waals surface area contributed by atoms with Crippen molar-refractivity contribution in [3.63, 3.8) is 0 Å². The molecule has 1 heteroatoms. The third-order valence-electron chi connectivity index (χ3n) is 0.110. The Kier molecular flexibility index (Phi) is 0.278. The molecule has 0 rings (SSSR count). The highest BCUT2D eigenvalue weighted by Crippen LogP contribution is 1.95. The summed E-state index contributed by atoms with van der Waals surface area (Å²) in [6.45, 7) is -6.47. The van der Waals surface area contributed by atoms with Gasteiger partial charge in [-0.2, -0.15) is 0 Å². The van der Waals surface area contributed by atoms with Crippen molar-refractivity contribution in [3.05, 3.63) is 0 Å². The van der Waals surface area contributed by atoms with E-state index < -0.39 is 25.4 Å². The molecule has 0 fully saturated rings. The van der Waals surface area contributed by atoms with E-state index in [4.69, 9.17) is 23.9 Å². The van der Waals surface area contributed by atoms with Gasteiger partial charge >= 0.3 is 0 Å². The largest absolute Gasteiger partial charge is 0.123 e. The minimum absolute atomic E-state index is 3.19. The Labute approximate surface area is 50.8 Å². The molecule has 0 aromatic carbocycles. The van der Waals surface area contributed by atoms with Crippen LogP contribution in [0.3, 0.4) is 0 Å². The first-order valence-electron chi connectivity index (χ1n) is 5.44. The molecule has 0 aliphatic carbocycles. The highest BCUT2D eigenvalue weighted by atomic mass is 35.5. The van der Waals surface area contributed by atoms with Crippen molar-refractivity contribution in [1.29, 1.82) is 0 Å². The zero-order chi connectivity index (χ0) is 12.0. The molecule has 0 saturated heterocycles. The second-order valence-corrected chi connectivity index (χ2v) is 0.817. The fourth-order valence-corrected chi connectivity index (χ4v) is 0. The van der Waals surface area contributed by atoms with Gasteiger partial charge in [-0.25, -0.2) is 0 Å². The summed E-state index contributed by atoms with van der Waals surface area (Å²) in [6, 6.07) is 0. The third-order valence-corrected chi connectivity index (χ3v) is 0.204. The lowest BCUT2D eigenvalue weighted by molar-refractivity contribution is 0.895. The second-order valence-electron chi connectivity index (χ2n) is 0.439. The smallest absolute Gasteiger partial charge is 0.0469 e. The van der Waals surface area contributed by atoms with Crippen LogP contribution in [0.2, 0.25) is 0 Å². The van der Waals surface area contributed by atoms with Crippen LogP contribution in [0.5, 0.6) is 0 Å². The molecule has 0 nitrogen and oxygen atoms in total. The highest BCUT2D eigenvalue weighted by Gasteiger charge is 1.83. The van der Waals surface area contributed by atoms with Crippen molar-refractivity contribution in [2.45, 2.75) is 25.4 Å². The summed E-state index contributed by atoms with van der Waals surface area (Å²) >= 11 is 5.16. The van der Waals surface area contributed by atoms with Gasteiger partial charge in [-0.3, -0.25) is 0 Å². The number of hydrogen-bond acceptors (Lipinski definition) is 0. The minimum Gasteiger partial charge on any atom is -0.123 e. The van der Waals surface area contributed by atoms with Crippen LogP contribution in [0.15, 0.2) is 0 Å². The first-order chi connectivity index (χ1) is 5.75. The van der Waals surface area contributed by atoms with E-state index >= 15 is 0 Å². The summed E-state index contributed by atoms with van der Waals surface area (Å²) in [7, 11) is 0. The Morgan fingerprint density at radius 3 is 3.60 bits per heavy atom. The van der Waals surface area contributed by atoms with E-state index in [0.717, 1.165) is 0 Å². The normalized spacial score (nSPS) is 55.8. The molecule has 0 radical (unpaired) electrons. The standard InChI is InChI=1S/C4H9Cl/c1-3-4(2)5/h4H,3H2,1-2H3/i1D3,2D3,3D2,4D. The average Bonchev–Trinajstić information content (AvgIpc) is 1.81. The van der Waals surface area contributed by atoms with Crippen molar-refractivity contribution in [2.24, 2.45) is 0 Å². The topological polar surface area (TPSA) is 0 Å². The van der Waals surface area contributed by atoms with Gasteiger partial charge in [0.15, 0.2) is 0 Å². The van der Waals surface area contributed by atoms with Crippen molar-refractivity contribution in [3.8, 4) is 0 Å². The molecule has 32 valence electrons. The number of hydrogen-bond donors (Lipinski definition) is 0. The molecule has 0 amide bonds. The maximum absolute atomic E-state index is 7.10. The van der Waals surface area contributed by atoms with Crippen LogP contribution in [0, 0.1) is 0 Å². The SMILES string of the molecule is [2H]C([2H])([2H])C([2H])([2H])C([2H])(Cl)C([2H])([2H])[2H]. The maximum atomic E-state index is 7.10. The Bertz CT molecular complexity index is 186. The van der Waals surface area contributed by atoms with E-state index in [-0.39, 0.29) is 0 Å². The maximum Gasteiger partial charge on any atom is 0.0469 e. The van der Waals surface area contributed by atoms with Gasteiger partial charge in [0.25, 0.3) is 0 Å². The van der Waals surface area contributed by atoms with E-state index in [1.807, 2.05) is 0 Å². The number of rotatable bonds is 1. The molecular weight excluding hydrogens is 83.5 g/mol. The fourth-order valence-electron chi connectivity index (χ4n) is 0.